The molecule has 1 fully saturated rings. The molecule has 0 amide bonds. The molecule has 0 aromatic carbocycles. The van der Waals surface area contributed by atoms with Crippen molar-refractivity contribution in [2.24, 2.45) is 5.92 Å². The van der Waals surface area contributed by atoms with Crippen LogP contribution in [0.2, 0.25) is 0 Å². The van der Waals surface area contributed by atoms with Crippen molar-refractivity contribution >= 4 is 0 Å². The van der Waals surface area contributed by atoms with E-state index in [4.69, 9.17) is 0 Å². The lowest BCUT2D eigenvalue weighted by molar-refractivity contribution is 0.569. The minimum absolute atomic E-state index is 0.603. The molecule has 1 aliphatic rings. The first-order valence-electron chi connectivity index (χ1n) is 4.33. The zero-order chi connectivity index (χ0) is 8.39. The monoisotopic (exact) mass is 163 g/mol. The van der Waals surface area contributed by atoms with Gasteiger partial charge in [0, 0.05) is 24.9 Å². The largest absolute Gasteiger partial charge is 0.316 e. The molecule has 2 heterocycles. The molecule has 0 spiro atoms. The Morgan fingerprint density at radius 1 is 1.33 bits per heavy atom. The van der Waals surface area contributed by atoms with E-state index in [1.807, 2.05) is 12.4 Å². The summed E-state index contributed by atoms with van der Waals surface area (Å²) in [6, 6.07) is 0. The maximum Gasteiger partial charge on any atom is 0.115 e. The average Bonchev–Trinajstić information content (AvgIpc) is 2.53. The standard InChI is InChI=1S/C9H13N3/c1-7-2-10-5-9(7)8-3-11-6-12-4-8/h3-4,6-7,9-10H,2,5H2,1H3. The maximum atomic E-state index is 4.02. The molecule has 64 valence electrons. The van der Waals surface area contributed by atoms with Gasteiger partial charge in [0.15, 0.2) is 0 Å². The average molecular weight is 163 g/mol. The molecular weight excluding hydrogens is 150 g/mol. The summed E-state index contributed by atoms with van der Waals surface area (Å²) in [5.41, 5.74) is 1.26. The first-order chi connectivity index (χ1) is 5.88. The Balaban J connectivity index is 2.19. The van der Waals surface area contributed by atoms with Crippen LogP contribution in [0.1, 0.15) is 18.4 Å². The van der Waals surface area contributed by atoms with Gasteiger partial charge < -0.3 is 5.32 Å². The van der Waals surface area contributed by atoms with Gasteiger partial charge in [0.1, 0.15) is 6.33 Å². The van der Waals surface area contributed by atoms with Crippen LogP contribution in [-0.4, -0.2) is 23.1 Å². The van der Waals surface area contributed by atoms with E-state index in [9.17, 15) is 0 Å². The fourth-order valence-corrected chi connectivity index (χ4v) is 1.76. The number of aromatic nitrogens is 2. The molecule has 1 aromatic heterocycles. The summed E-state index contributed by atoms with van der Waals surface area (Å²) < 4.78 is 0. The van der Waals surface area contributed by atoms with Crippen molar-refractivity contribution < 1.29 is 0 Å². The van der Waals surface area contributed by atoms with Crippen LogP contribution in [0.3, 0.4) is 0 Å². The molecule has 0 bridgehead atoms. The quantitative estimate of drug-likeness (QED) is 0.665. The molecule has 1 aromatic rings. The molecule has 0 radical (unpaired) electrons. The van der Waals surface area contributed by atoms with Gasteiger partial charge in [0.2, 0.25) is 0 Å². The Morgan fingerprint density at radius 2 is 2.08 bits per heavy atom. The molecule has 1 N–H and O–H groups in total. The molecule has 2 atom stereocenters. The first kappa shape index (κ1) is 7.68. The Hall–Kier alpha value is -0.960. The SMILES string of the molecule is CC1CNCC1c1cncnc1. The Bertz CT molecular complexity index is 247. The first-order valence-corrected chi connectivity index (χ1v) is 4.33. The van der Waals surface area contributed by atoms with Gasteiger partial charge in [-0.05, 0) is 18.0 Å². The van der Waals surface area contributed by atoms with E-state index in [0.717, 1.165) is 13.1 Å². The van der Waals surface area contributed by atoms with E-state index in [2.05, 4.69) is 22.2 Å². The van der Waals surface area contributed by atoms with Crippen LogP contribution in [0.4, 0.5) is 0 Å². The number of rotatable bonds is 1. The molecule has 2 unspecified atom stereocenters. The third kappa shape index (κ3) is 1.32. The number of nitrogens with zero attached hydrogens (tertiary/aromatic N) is 2. The van der Waals surface area contributed by atoms with Crippen LogP contribution in [0.25, 0.3) is 0 Å². The van der Waals surface area contributed by atoms with Crippen molar-refractivity contribution in [3.63, 3.8) is 0 Å². The van der Waals surface area contributed by atoms with Crippen LogP contribution in [0.5, 0.6) is 0 Å². The minimum atomic E-state index is 0.603. The normalized spacial score (nSPS) is 29.1. The Morgan fingerprint density at radius 3 is 2.67 bits per heavy atom. The second-order valence-corrected chi connectivity index (χ2v) is 3.41. The molecule has 0 saturated carbocycles. The lowest BCUT2D eigenvalue weighted by Gasteiger charge is -2.12. The third-order valence-electron chi connectivity index (χ3n) is 2.53. The van der Waals surface area contributed by atoms with E-state index in [0.29, 0.717) is 11.8 Å². The number of nitrogens with one attached hydrogen (secondary N) is 1. The van der Waals surface area contributed by atoms with Crippen LogP contribution in [0, 0.1) is 5.92 Å². The van der Waals surface area contributed by atoms with Gasteiger partial charge in [-0.2, -0.15) is 0 Å². The minimum Gasteiger partial charge on any atom is -0.316 e. The highest BCUT2D eigenvalue weighted by Gasteiger charge is 2.24. The predicted octanol–water partition coefficient (Wildman–Crippen LogP) is 0.800. The summed E-state index contributed by atoms with van der Waals surface area (Å²) in [6.45, 7) is 4.44. The fourth-order valence-electron chi connectivity index (χ4n) is 1.76. The topological polar surface area (TPSA) is 37.8 Å². The van der Waals surface area contributed by atoms with E-state index < -0.39 is 0 Å². The molecule has 1 saturated heterocycles. The summed E-state index contributed by atoms with van der Waals surface area (Å²) in [5.74, 6) is 1.31. The molecule has 0 aliphatic carbocycles. The van der Waals surface area contributed by atoms with Gasteiger partial charge in [-0.15, -0.1) is 0 Å². The van der Waals surface area contributed by atoms with Crippen LogP contribution in [0.15, 0.2) is 18.7 Å². The summed E-state index contributed by atoms with van der Waals surface area (Å²) >= 11 is 0. The van der Waals surface area contributed by atoms with Crippen LogP contribution in [-0.2, 0) is 0 Å². The lowest BCUT2D eigenvalue weighted by atomic mass is 9.92. The van der Waals surface area contributed by atoms with E-state index >= 15 is 0 Å². The van der Waals surface area contributed by atoms with Crippen molar-refractivity contribution in [1.29, 1.82) is 0 Å². The van der Waals surface area contributed by atoms with Gasteiger partial charge in [-0.1, -0.05) is 6.92 Å². The molecule has 3 nitrogen and oxygen atoms in total. The molecule has 12 heavy (non-hydrogen) atoms. The summed E-state index contributed by atoms with van der Waals surface area (Å²) in [5, 5.41) is 3.37. The second kappa shape index (κ2) is 3.19. The fraction of sp³-hybridized carbons (Fsp3) is 0.556. The molecule has 1 aliphatic heterocycles. The highest BCUT2D eigenvalue weighted by Crippen LogP contribution is 2.25. The Labute approximate surface area is 72.2 Å². The molecular formula is C9H13N3. The zero-order valence-corrected chi connectivity index (χ0v) is 7.20. The van der Waals surface area contributed by atoms with Gasteiger partial charge in [0.25, 0.3) is 0 Å². The zero-order valence-electron chi connectivity index (χ0n) is 7.20. The van der Waals surface area contributed by atoms with E-state index in [-0.39, 0.29) is 0 Å². The lowest BCUT2D eigenvalue weighted by Crippen LogP contribution is -2.08. The highest BCUT2D eigenvalue weighted by molar-refractivity contribution is 5.14. The van der Waals surface area contributed by atoms with Crippen molar-refractivity contribution in [3.05, 3.63) is 24.3 Å². The predicted molar refractivity (Wildman–Crippen MR) is 46.8 cm³/mol. The second-order valence-electron chi connectivity index (χ2n) is 3.41. The van der Waals surface area contributed by atoms with E-state index in [1.165, 1.54) is 5.56 Å². The van der Waals surface area contributed by atoms with E-state index in [1.54, 1.807) is 6.33 Å². The van der Waals surface area contributed by atoms with Crippen molar-refractivity contribution in [1.82, 2.24) is 15.3 Å². The van der Waals surface area contributed by atoms with Crippen molar-refractivity contribution in [3.8, 4) is 0 Å². The van der Waals surface area contributed by atoms with Crippen molar-refractivity contribution in [2.45, 2.75) is 12.8 Å². The van der Waals surface area contributed by atoms with Gasteiger partial charge in [-0.3, -0.25) is 0 Å². The van der Waals surface area contributed by atoms with Gasteiger partial charge in [0.05, 0.1) is 0 Å². The van der Waals surface area contributed by atoms with Gasteiger partial charge in [-0.25, -0.2) is 9.97 Å². The highest BCUT2D eigenvalue weighted by atomic mass is 14.9. The summed E-state index contributed by atoms with van der Waals surface area (Å²) in [7, 11) is 0. The van der Waals surface area contributed by atoms with Gasteiger partial charge >= 0.3 is 0 Å². The van der Waals surface area contributed by atoms with Crippen LogP contribution < -0.4 is 5.32 Å². The number of hydrogen-bond acceptors (Lipinski definition) is 3. The smallest absolute Gasteiger partial charge is 0.115 e. The summed E-state index contributed by atoms with van der Waals surface area (Å²) in [4.78, 5) is 8.05. The molecule has 2 rings (SSSR count). The Kier molecular flexibility index (Phi) is 2.04. The van der Waals surface area contributed by atoms with Crippen LogP contribution >= 0.6 is 0 Å². The number of hydrogen-bond donors (Lipinski definition) is 1. The molecule has 3 heteroatoms. The summed E-state index contributed by atoms with van der Waals surface area (Å²) in [6.07, 6.45) is 5.42. The third-order valence-corrected chi connectivity index (χ3v) is 2.53. The maximum absolute atomic E-state index is 4.02. The van der Waals surface area contributed by atoms with Crippen molar-refractivity contribution in [2.75, 3.05) is 13.1 Å².